The Morgan fingerprint density at radius 3 is 3.25 bits per heavy atom. The van der Waals surface area contributed by atoms with Gasteiger partial charge in [-0.1, -0.05) is 22.6 Å². The van der Waals surface area contributed by atoms with Crippen LogP contribution in [-0.4, -0.2) is 9.38 Å². The van der Waals surface area contributed by atoms with E-state index in [0.717, 1.165) is 15.1 Å². The highest BCUT2D eigenvalue weighted by Crippen LogP contribution is 2.08. The lowest BCUT2D eigenvalue weighted by atomic mass is 10.4. The molecule has 0 aromatic carbocycles. The molecule has 0 unspecified atom stereocenters. The van der Waals surface area contributed by atoms with Crippen LogP contribution >= 0.6 is 33.9 Å². The van der Waals surface area contributed by atoms with E-state index >= 15 is 0 Å². The molecule has 0 amide bonds. The molecular weight excluding hydrogens is 287 g/mol. The zero-order valence-corrected chi connectivity index (χ0v) is 9.00. The molecule has 0 aliphatic carbocycles. The molecule has 62 valence electrons. The summed E-state index contributed by atoms with van der Waals surface area (Å²) in [6, 6.07) is 1.58. The Morgan fingerprint density at radius 1 is 1.67 bits per heavy atom. The van der Waals surface area contributed by atoms with Crippen LogP contribution in [0.4, 0.5) is 0 Å². The molecule has 0 saturated carbocycles. The molecule has 3 nitrogen and oxygen atoms in total. The van der Waals surface area contributed by atoms with Crippen molar-refractivity contribution in [2.45, 2.75) is 4.43 Å². The maximum absolute atomic E-state index is 11.3. The van der Waals surface area contributed by atoms with Gasteiger partial charge in [-0.15, -0.1) is 11.3 Å². The predicted octanol–water partition coefficient (Wildman–Crippen LogP) is 1.69. The Kier molecular flexibility index (Phi) is 2.14. The van der Waals surface area contributed by atoms with Crippen molar-refractivity contribution in [2.24, 2.45) is 0 Å². The summed E-state index contributed by atoms with van der Waals surface area (Å²) in [4.78, 5) is 16.4. The summed E-state index contributed by atoms with van der Waals surface area (Å²) >= 11 is 3.67. The molecule has 2 heterocycles. The van der Waals surface area contributed by atoms with E-state index in [0.29, 0.717) is 0 Å². The van der Waals surface area contributed by atoms with Crippen LogP contribution in [0.1, 0.15) is 5.69 Å². The van der Waals surface area contributed by atoms with Gasteiger partial charge in [0.05, 0.1) is 5.69 Å². The van der Waals surface area contributed by atoms with Gasteiger partial charge in [0.2, 0.25) is 0 Å². The van der Waals surface area contributed by atoms with Crippen LogP contribution in [0.2, 0.25) is 0 Å². The first-order valence-corrected chi connectivity index (χ1v) is 5.73. The summed E-state index contributed by atoms with van der Waals surface area (Å²) in [5.41, 5.74) is 0.857. The van der Waals surface area contributed by atoms with Crippen molar-refractivity contribution in [3.05, 3.63) is 33.7 Å². The molecule has 2 aromatic heterocycles. The van der Waals surface area contributed by atoms with E-state index in [1.807, 2.05) is 5.38 Å². The molecule has 0 N–H and O–H groups in total. The molecular formula is C7H5IN2OS. The van der Waals surface area contributed by atoms with Gasteiger partial charge in [0.1, 0.15) is 0 Å². The highest BCUT2D eigenvalue weighted by molar-refractivity contribution is 14.1. The number of aromatic nitrogens is 2. The SMILES string of the molecule is O=c1cc(CI)nc2sccn12. The first kappa shape index (κ1) is 8.18. The molecule has 0 atom stereocenters. The van der Waals surface area contributed by atoms with Gasteiger partial charge in [0.15, 0.2) is 4.96 Å². The van der Waals surface area contributed by atoms with Gasteiger partial charge < -0.3 is 0 Å². The average Bonchev–Trinajstić information content (AvgIpc) is 2.52. The van der Waals surface area contributed by atoms with Gasteiger partial charge in [-0.3, -0.25) is 9.20 Å². The van der Waals surface area contributed by atoms with Gasteiger partial charge in [0, 0.05) is 22.1 Å². The molecule has 0 aliphatic heterocycles. The topological polar surface area (TPSA) is 34.4 Å². The van der Waals surface area contributed by atoms with Crippen molar-refractivity contribution < 1.29 is 0 Å². The van der Waals surface area contributed by atoms with Crippen molar-refractivity contribution in [1.82, 2.24) is 9.38 Å². The summed E-state index contributed by atoms with van der Waals surface area (Å²) in [6.07, 6.45) is 1.74. The van der Waals surface area contributed by atoms with Crippen LogP contribution in [0.5, 0.6) is 0 Å². The zero-order valence-electron chi connectivity index (χ0n) is 6.03. The highest BCUT2D eigenvalue weighted by Gasteiger charge is 2.00. The van der Waals surface area contributed by atoms with E-state index in [9.17, 15) is 4.79 Å². The Morgan fingerprint density at radius 2 is 2.50 bits per heavy atom. The third kappa shape index (κ3) is 1.27. The van der Waals surface area contributed by atoms with E-state index < -0.39 is 0 Å². The minimum atomic E-state index is 0.00733. The monoisotopic (exact) mass is 292 g/mol. The van der Waals surface area contributed by atoms with Gasteiger partial charge in [-0.25, -0.2) is 4.98 Å². The Labute approximate surface area is 86.2 Å². The molecule has 2 rings (SSSR count). The third-order valence-corrected chi connectivity index (χ3v) is 3.03. The highest BCUT2D eigenvalue weighted by atomic mass is 127. The smallest absolute Gasteiger partial charge is 0.258 e. The van der Waals surface area contributed by atoms with Crippen molar-refractivity contribution in [3.8, 4) is 0 Å². The zero-order chi connectivity index (χ0) is 8.55. The average molecular weight is 292 g/mol. The van der Waals surface area contributed by atoms with Crippen LogP contribution in [-0.2, 0) is 4.43 Å². The Bertz CT molecular complexity index is 462. The van der Waals surface area contributed by atoms with Crippen molar-refractivity contribution in [2.75, 3.05) is 0 Å². The third-order valence-electron chi connectivity index (χ3n) is 1.49. The summed E-state index contributed by atoms with van der Waals surface area (Å²) < 4.78 is 2.34. The number of fused-ring (bicyclic) bond motifs is 1. The molecule has 5 heteroatoms. The molecule has 2 aromatic rings. The standard InChI is InChI=1S/C7H5IN2OS/c8-4-5-3-6(11)10-1-2-12-7(10)9-5/h1-3H,4H2. The summed E-state index contributed by atoms with van der Waals surface area (Å²) in [5, 5.41) is 1.86. The van der Waals surface area contributed by atoms with E-state index in [2.05, 4.69) is 27.6 Å². The van der Waals surface area contributed by atoms with Crippen molar-refractivity contribution in [3.63, 3.8) is 0 Å². The minimum absolute atomic E-state index is 0.00733. The van der Waals surface area contributed by atoms with Crippen LogP contribution < -0.4 is 5.56 Å². The molecule has 0 bridgehead atoms. The van der Waals surface area contributed by atoms with Crippen molar-refractivity contribution >= 4 is 38.9 Å². The number of thiazole rings is 1. The fraction of sp³-hybridized carbons (Fsp3) is 0.143. The molecule has 12 heavy (non-hydrogen) atoms. The first-order valence-electron chi connectivity index (χ1n) is 3.33. The second-order valence-electron chi connectivity index (χ2n) is 2.27. The van der Waals surface area contributed by atoms with Crippen molar-refractivity contribution in [1.29, 1.82) is 0 Å². The van der Waals surface area contributed by atoms with Crippen LogP contribution in [0.3, 0.4) is 0 Å². The summed E-state index contributed by atoms with van der Waals surface area (Å²) in [6.45, 7) is 0. The Balaban J connectivity index is 2.84. The van der Waals surface area contributed by atoms with Crippen LogP contribution in [0.25, 0.3) is 4.96 Å². The second-order valence-corrected chi connectivity index (χ2v) is 3.91. The molecule has 0 spiro atoms. The maximum Gasteiger partial charge on any atom is 0.258 e. The van der Waals surface area contributed by atoms with E-state index in [1.165, 1.54) is 11.3 Å². The molecule has 0 radical (unpaired) electrons. The lowest BCUT2D eigenvalue weighted by Crippen LogP contribution is -2.12. The second kappa shape index (κ2) is 3.14. The number of hydrogen-bond donors (Lipinski definition) is 0. The fourth-order valence-electron chi connectivity index (χ4n) is 0.956. The van der Waals surface area contributed by atoms with E-state index in [-0.39, 0.29) is 5.56 Å². The maximum atomic E-state index is 11.3. The number of alkyl halides is 1. The van der Waals surface area contributed by atoms with E-state index in [1.54, 1.807) is 16.7 Å². The largest absolute Gasteiger partial charge is 0.269 e. The first-order chi connectivity index (χ1) is 5.81. The number of nitrogens with zero attached hydrogens (tertiary/aromatic N) is 2. The fourth-order valence-corrected chi connectivity index (χ4v) is 2.09. The minimum Gasteiger partial charge on any atom is -0.269 e. The van der Waals surface area contributed by atoms with Crippen LogP contribution in [0.15, 0.2) is 22.4 Å². The van der Waals surface area contributed by atoms with Gasteiger partial charge in [0.25, 0.3) is 5.56 Å². The predicted molar refractivity (Wildman–Crippen MR) is 57.1 cm³/mol. The molecule has 0 saturated heterocycles. The van der Waals surface area contributed by atoms with Crippen LogP contribution in [0, 0.1) is 0 Å². The number of rotatable bonds is 1. The normalized spacial score (nSPS) is 10.8. The van der Waals surface area contributed by atoms with Gasteiger partial charge in [-0.2, -0.15) is 0 Å². The lowest BCUT2D eigenvalue weighted by Gasteiger charge is -1.94. The lowest BCUT2D eigenvalue weighted by molar-refractivity contribution is 1.04. The summed E-state index contributed by atoms with van der Waals surface area (Å²) in [7, 11) is 0. The quantitative estimate of drug-likeness (QED) is 0.592. The molecule has 0 aliphatic rings. The van der Waals surface area contributed by atoms with Gasteiger partial charge >= 0.3 is 0 Å². The molecule has 0 fully saturated rings. The Hall–Kier alpha value is -0.430. The number of hydrogen-bond acceptors (Lipinski definition) is 3. The van der Waals surface area contributed by atoms with Gasteiger partial charge in [-0.05, 0) is 0 Å². The summed E-state index contributed by atoms with van der Waals surface area (Å²) in [5.74, 6) is 0. The number of halogens is 1. The van der Waals surface area contributed by atoms with E-state index in [4.69, 9.17) is 0 Å².